The van der Waals surface area contributed by atoms with Crippen molar-refractivity contribution < 1.29 is 19.1 Å². The first kappa shape index (κ1) is 12.3. The van der Waals surface area contributed by atoms with Crippen molar-refractivity contribution in [3.05, 3.63) is 23.9 Å². The van der Waals surface area contributed by atoms with Crippen molar-refractivity contribution in [1.29, 1.82) is 0 Å². The fourth-order valence-electron chi connectivity index (χ4n) is 2.06. The molecule has 18 heavy (non-hydrogen) atoms. The zero-order chi connectivity index (χ0) is 13.1. The van der Waals surface area contributed by atoms with E-state index in [9.17, 15) is 9.59 Å². The topological polar surface area (TPSA) is 77.5 Å². The molecule has 2 heterocycles. The Balaban J connectivity index is 2.25. The van der Waals surface area contributed by atoms with Gasteiger partial charge in [-0.1, -0.05) is 6.07 Å². The molecule has 96 valence electrons. The second-order valence-electron chi connectivity index (χ2n) is 3.99. The Hall–Kier alpha value is -2.11. The third kappa shape index (κ3) is 2.13. The van der Waals surface area contributed by atoms with Gasteiger partial charge in [0.05, 0.1) is 14.2 Å². The Morgan fingerprint density at radius 2 is 2.22 bits per heavy atom. The molecule has 0 bridgehead atoms. The number of pyridine rings is 1. The second kappa shape index (κ2) is 5.03. The SMILES string of the molecule is COC(=O)[C@@H]1C(=O)NC[C@H]1c1ccc(OC)nc1. The van der Waals surface area contributed by atoms with Gasteiger partial charge in [-0.15, -0.1) is 0 Å². The zero-order valence-corrected chi connectivity index (χ0v) is 10.2. The summed E-state index contributed by atoms with van der Waals surface area (Å²) >= 11 is 0. The van der Waals surface area contributed by atoms with Gasteiger partial charge in [-0.05, 0) is 5.56 Å². The number of rotatable bonds is 3. The normalized spacial score (nSPS) is 22.4. The number of esters is 1. The minimum atomic E-state index is -0.801. The standard InChI is InChI=1S/C12H14N2O4/c1-17-9-4-3-7(5-13-9)8-6-14-11(15)10(8)12(16)18-2/h3-5,8,10H,6H2,1-2H3,(H,14,15)/t8-,10-/m0/s1. The molecule has 0 radical (unpaired) electrons. The van der Waals surface area contributed by atoms with Crippen LogP contribution in [0.1, 0.15) is 11.5 Å². The van der Waals surface area contributed by atoms with E-state index in [1.807, 2.05) is 0 Å². The molecule has 1 fully saturated rings. The van der Waals surface area contributed by atoms with Crippen LogP contribution in [-0.4, -0.2) is 37.6 Å². The Morgan fingerprint density at radius 1 is 1.44 bits per heavy atom. The van der Waals surface area contributed by atoms with Gasteiger partial charge in [0.15, 0.2) is 0 Å². The number of amides is 1. The third-order valence-corrected chi connectivity index (χ3v) is 3.03. The second-order valence-corrected chi connectivity index (χ2v) is 3.99. The van der Waals surface area contributed by atoms with Crippen LogP contribution in [0.2, 0.25) is 0 Å². The lowest BCUT2D eigenvalue weighted by Crippen LogP contribution is -2.28. The molecule has 0 aromatic carbocycles. The molecule has 0 spiro atoms. The lowest BCUT2D eigenvalue weighted by molar-refractivity contribution is -0.149. The number of methoxy groups -OCH3 is 2. The summed E-state index contributed by atoms with van der Waals surface area (Å²) in [5.74, 6) is -1.38. The van der Waals surface area contributed by atoms with Crippen molar-refractivity contribution in [2.75, 3.05) is 20.8 Å². The molecule has 6 nitrogen and oxygen atoms in total. The molecule has 1 aromatic heterocycles. The van der Waals surface area contributed by atoms with E-state index in [-0.39, 0.29) is 11.8 Å². The average molecular weight is 250 g/mol. The highest BCUT2D eigenvalue weighted by molar-refractivity contribution is 6.00. The summed E-state index contributed by atoms with van der Waals surface area (Å²) in [6, 6.07) is 3.50. The van der Waals surface area contributed by atoms with E-state index in [0.29, 0.717) is 12.4 Å². The van der Waals surface area contributed by atoms with Crippen LogP contribution in [0.3, 0.4) is 0 Å². The largest absolute Gasteiger partial charge is 0.481 e. The van der Waals surface area contributed by atoms with E-state index in [0.717, 1.165) is 5.56 Å². The molecule has 1 aliphatic heterocycles. The van der Waals surface area contributed by atoms with Crippen molar-refractivity contribution in [2.24, 2.45) is 5.92 Å². The fraction of sp³-hybridized carbons (Fsp3) is 0.417. The van der Waals surface area contributed by atoms with Gasteiger partial charge < -0.3 is 14.8 Å². The maximum atomic E-state index is 11.6. The van der Waals surface area contributed by atoms with Crippen molar-refractivity contribution >= 4 is 11.9 Å². The van der Waals surface area contributed by atoms with E-state index in [2.05, 4.69) is 15.0 Å². The van der Waals surface area contributed by atoms with Gasteiger partial charge in [0.25, 0.3) is 0 Å². The van der Waals surface area contributed by atoms with Crippen molar-refractivity contribution in [2.45, 2.75) is 5.92 Å². The van der Waals surface area contributed by atoms with Gasteiger partial charge in [0.2, 0.25) is 11.8 Å². The maximum absolute atomic E-state index is 11.6. The molecule has 2 atom stereocenters. The summed E-state index contributed by atoms with van der Waals surface area (Å²) in [5.41, 5.74) is 0.810. The van der Waals surface area contributed by atoms with Gasteiger partial charge in [-0.3, -0.25) is 9.59 Å². The Morgan fingerprint density at radius 3 is 2.78 bits per heavy atom. The Kier molecular flexibility index (Phi) is 3.45. The van der Waals surface area contributed by atoms with Crippen LogP contribution >= 0.6 is 0 Å². The predicted molar refractivity (Wildman–Crippen MR) is 62.0 cm³/mol. The monoisotopic (exact) mass is 250 g/mol. The molecule has 6 heteroatoms. The predicted octanol–water partition coefficient (Wildman–Crippen LogP) is 0.0928. The Labute approximate surface area is 104 Å². The van der Waals surface area contributed by atoms with Gasteiger partial charge >= 0.3 is 5.97 Å². The van der Waals surface area contributed by atoms with Crippen molar-refractivity contribution in [3.8, 4) is 5.88 Å². The number of hydrogen-bond acceptors (Lipinski definition) is 5. The fourth-order valence-corrected chi connectivity index (χ4v) is 2.06. The molecule has 1 aliphatic rings. The van der Waals surface area contributed by atoms with E-state index in [1.54, 1.807) is 18.3 Å². The molecule has 1 N–H and O–H groups in total. The van der Waals surface area contributed by atoms with Gasteiger partial charge in [-0.25, -0.2) is 4.98 Å². The van der Waals surface area contributed by atoms with Crippen LogP contribution in [0.25, 0.3) is 0 Å². The van der Waals surface area contributed by atoms with Crippen LogP contribution in [-0.2, 0) is 14.3 Å². The summed E-state index contributed by atoms with van der Waals surface area (Å²) in [5, 5.41) is 2.66. The summed E-state index contributed by atoms with van der Waals surface area (Å²) in [4.78, 5) is 27.3. The van der Waals surface area contributed by atoms with Gasteiger partial charge in [-0.2, -0.15) is 0 Å². The summed E-state index contributed by atoms with van der Waals surface area (Å²) in [6.45, 7) is 0.409. The highest BCUT2D eigenvalue weighted by Crippen LogP contribution is 2.30. The molecule has 0 unspecified atom stereocenters. The number of hydrogen-bond donors (Lipinski definition) is 1. The van der Waals surface area contributed by atoms with E-state index in [1.165, 1.54) is 14.2 Å². The number of ether oxygens (including phenoxy) is 2. The molecular weight excluding hydrogens is 236 g/mol. The van der Waals surface area contributed by atoms with E-state index in [4.69, 9.17) is 4.74 Å². The number of nitrogens with one attached hydrogen (secondary N) is 1. The number of aromatic nitrogens is 1. The number of carbonyl (C=O) groups is 2. The van der Waals surface area contributed by atoms with E-state index < -0.39 is 11.9 Å². The smallest absolute Gasteiger partial charge is 0.318 e. The van der Waals surface area contributed by atoms with Gasteiger partial charge in [0.1, 0.15) is 5.92 Å². The first-order chi connectivity index (χ1) is 8.67. The molecule has 2 rings (SSSR count). The van der Waals surface area contributed by atoms with Crippen molar-refractivity contribution in [3.63, 3.8) is 0 Å². The molecule has 1 amide bonds. The minimum Gasteiger partial charge on any atom is -0.481 e. The van der Waals surface area contributed by atoms with Crippen LogP contribution in [0, 0.1) is 5.92 Å². The minimum absolute atomic E-state index is 0.247. The molecule has 1 saturated heterocycles. The highest BCUT2D eigenvalue weighted by atomic mass is 16.5. The third-order valence-electron chi connectivity index (χ3n) is 3.03. The highest BCUT2D eigenvalue weighted by Gasteiger charge is 2.41. The molecular formula is C12H14N2O4. The van der Waals surface area contributed by atoms with Crippen LogP contribution in [0.15, 0.2) is 18.3 Å². The van der Waals surface area contributed by atoms with Gasteiger partial charge in [0, 0.05) is 24.7 Å². The quantitative estimate of drug-likeness (QED) is 0.607. The average Bonchev–Trinajstić information content (AvgIpc) is 2.80. The molecule has 0 aliphatic carbocycles. The summed E-state index contributed by atoms with van der Waals surface area (Å²) < 4.78 is 9.62. The number of carbonyl (C=O) groups excluding carboxylic acids is 2. The van der Waals surface area contributed by atoms with E-state index >= 15 is 0 Å². The molecule has 0 saturated carbocycles. The van der Waals surface area contributed by atoms with Crippen molar-refractivity contribution in [1.82, 2.24) is 10.3 Å². The lowest BCUT2D eigenvalue weighted by atomic mass is 9.89. The van der Waals surface area contributed by atoms with Crippen LogP contribution in [0.4, 0.5) is 0 Å². The number of nitrogens with zero attached hydrogens (tertiary/aromatic N) is 1. The first-order valence-electron chi connectivity index (χ1n) is 5.53. The summed E-state index contributed by atoms with van der Waals surface area (Å²) in [7, 11) is 2.80. The maximum Gasteiger partial charge on any atom is 0.318 e. The summed E-state index contributed by atoms with van der Waals surface area (Å²) in [6.07, 6.45) is 1.61. The zero-order valence-electron chi connectivity index (χ0n) is 10.2. The molecule has 1 aromatic rings. The van der Waals surface area contributed by atoms with Crippen LogP contribution < -0.4 is 10.1 Å². The Bertz CT molecular complexity index is 458. The lowest BCUT2D eigenvalue weighted by Gasteiger charge is -2.14. The van der Waals surface area contributed by atoms with Crippen LogP contribution in [0.5, 0.6) is 5.88 Å². The first-order valence-corrected chi connectivity index (χ1v) is 5.53.